The molecule has 0 spiro atoms. The van der Waals surface area contributed by atoms with Crippen molar-refractivity contribution in [3.63, 3.8) is 0 Å². The Morgan fingerprint density at radius 3 is 3.10 bits per heavy atom. The first-order chi connectivity index (χ1) is 10.1. The van der Waals surface area contributed by atoms with Crippen LogP contribution in [-0.4, -0.2) is 27.3 Å². The van der Waals surface area contributed by atoms with Gasteiger partial charge in [-0.05, 0) is 25.0 Å². The molecule has 5 heteroatoms. The van der Waals surface area contributed by atoms with Crippen LogP contribution in [0.3, 0.4) is 0 Å². The zero-order valence-electron chi connectivity index (χ0n) is 12.5. The highest BCUT2D eigenvalue weighted by Crippen LogP contribution is 2.31. The Labute approximate surface area is 129 Å². The maximum Gasteiger partial charge on any atom is 0.229 e. The number of thiazole rings is 1. The molecule has 1 aliphatic rings. The number of aromatic amines is 1. The van der Waals surface area contributed by atoms with Crippen molar-refractivity contribution in [1.82, 2.24) is 14.9 Å². The summed E-state index contributed by atoms with van der Waals surface area (Å²) in [5.74, 6) is 0.616. The molecule has 1 saturated heterocycles. The van der Waals surface area contributed by atoms with Gasteiger partial charge in [0.15, 0.2) is 0 Å². The molecule has 0 radical (unpaired) electrons. The standard InChI is InChI=1S/C16H21N3OS/c1-11(2)16-18-12(10-21-16)9-15(20)19-8-4-6-14(19)13-5-3-7-17-13/h3,5,7,10-11,14,17H,4,6,8-9H2,1-2H3/t14-/m0/s1. The van der Waals surface area contributed by atoms with Crippen LogP contribution in [0.5, 0.6) is 0 Å². The van der Waals surface area contributed by atoms with Crippen LogP contribution in [0.25, 0.3) is 0 Å². The molecule has 0 unspecified atom stereocenters. The van der Waals surface area contributed by atoms with Crippen LogP contribution >= 0.6 is 11.3 Å². The van der Waals surface area contributed by atoms with Crippen LogP contribution in [0.1, 0.15) is 55.0 Å². The Hall–Kier alpha value is -1.62. The highest BCUT2D eigenvalue weighted by Gasteiger charge is 2.30. The number of nitrogens with zero attached hydrogens (tertiary/aromatic N) is 2. The van der Waals surface area contributed by atoms with E-state index >= 15 is 0 Å². The minimum absolute atomic E-state index is 0.188. The first kappa shape index (κ1) is 14.3. The molecule has 2 aromatic rings. The molecular weight excluding hydrogens is 282 g/mol. The number of carbonyl (C=O) groups is 1. The van der Waals surface area contributed by atoms with E-state index in [9.17, 15) is 4.79 Å². The van der Waals surface area contributed by atoms with Gasteiger partial charge in [0.1, 0.15) is 0 Å². The first-order valence-electron chi connectivity index (χ1n) is 7.52. The normalized spacial score (nSPS) is 18.6. The molecule has 112 valence electrons. The van der Waals surface area contributed by atoms with Gasteiger partial charge in [0.25, 0.3) is 0 Å². The third kappa shape index (κ3) is 3.02. The van der Waals surface area contributed by atoms with Crippen LogP contribution in [0.4, 0.5) is 0 Å². The summed E-state index contributed by atoms with van der Waals surface area (Å²) in [4.78, 5) is 22.4. The molecule has 1 atom stereocenters. The van der Waals surface area contributed by atoms with Crippen LogP contribution in [0, 0.1) is 0 Å². The Kier molecular flexibility index (Phi) is 4.10. The van der Waals surface area contributed by atoms with Gasteiger partial charge in [-0.1, -0.05) is 13.8 Å². The molecule has 1 N–H and O–H groups in total. The maximum atomic E-state index is 12.6. The molecule has 2 aromatic heterocycles. The SMILES string of the molecule is CC(C)c1nc(CC(=O)N2CCC[C@H]2c2ccc[nH]2)cs1. The third-order valence-corrected chi connectivity index (χ3v) is 5.14. The van der Waals surface area contributed by atoms with Crippen molar-refractivity contribution in [2.24, 2.45) is 0 Å². The zero-order valence-corrected chi connectivity index (χ0v) is 13.3. The average Bonchev–Trinajstić information content (AvgIpc) is 3.19. The lowest BCUT2D eigenvalue weighted by molar-refractivity contribution is -0.131. The van der Waals surface area contributed by atoms with Gasteiger partial charge >= 0.3 is 0 Å². The molecule has 1 fully saturated rings. The Balaban J connectivity index is 1.69. The maximum absolute atomic E-state index is 12.6. The van der Waals surface area contributed by atoms with E-state index in [1.54, 1.807) is 11.3 Å². The van der Waals surface area contributed by atoms with E-state index < -0.39 is 0 Å². The van der Waals surface area contributed by atoms with E-state index in [1.165, 1.54) is 0 Å². The van der Waals surface area contributed by atoms with Gasteiger partial charge in [-0.25, -0.2) is 4.98 Å². The molecule has 1 aliphatic heterocycles. The lowest BCUT2D eigenvalue weighted by Gasteiger charge is -2.23. The number of aromatic nitrogens is 2. The number of amides is 1. The van der Waals surface area contributed by atoms with Crippen molar-refractivity contribution in [3.05, 3.63) is 40.1 Å². The predicted molar refractivity (Wildman–Crippen MR) is 84.4 cm³/mol. The number of hydrogen-bond donors (Lipinski definition) is 1. The second-order valence-electron chi connectivity index (χ2n) is 5.88. The van der Waals surface area contributed by atoms with Crippen molar-refractivity contribution in [2.75, 3.05) is 6.54 Å². The minimum Gasteiger partial charge on any atom is -0.363 e. The van der Waals surface area contributed by atoms with Crippen molar-refractivity contribution in [3.8, 4) is 0 Å². The van der Waals surface area contributed by atoms with E-state index in [0.717, 1.165) is 35.8 Å². The van der Waals surface area contributed by atoms with Gasteiger partial charge in [0.05, 0.1) is 23.2 Å². The molecule has 21 heavy (non-hydrogen) atoms. The fourth-order valence-corrected chi connectivity index (χ4v) is 3.70. The Morgan fingerprint density at radius 1 is 1.57 bits per heavy atom. The minimum atomic E-state index is 0.188. The Bertz CT molecular complexity index is 603. The number of H-pyrrole nitrogens is 1. The van der Waals surface area contributed by atoms with Gasteiger partial charge in [0, 0.05) is 29.7 Å². The summed E-state index contributed by atoms with van der Waals surface area (Å²) in [6.07, 6.45) is 4.45. The number of rotatable bonds is 4. The van der Waals surface area contributed by atoms with Gasteiger partial charge in [-0.3, -0.25) is 4.79 Å². The van der Waals surface area contributed by atoms with E-state index in [2.05, 4.69) is 29.9 Å². The van der Waals surface area contributed by atoms with E-state index in [0.29, 0.717) is 12.3 Å². The zero-order chi connectivity index (χ0) is 14.8. The highest BCUT2D eigenvalue weighted by atomic mass is 32.1. The second-order valence-corrected chi connectivity index (χ2v) is 6.77. The lowest BCUT2D eigenvalue weighted by Crippen LogP contribution is -2.32. The van der Waals surface area contributed by atoms with E-state index in [4.69, 9.17) is 0 Å². The van der Waals surface area contributed by atoms with Gasteiger partial charge in [-0.15, -0.1) is 11.3 Å². The first-order valence-corrected chi connectivity index (χ1v) is 8.40. The highest BCUT2D eigenvalue weighted by molar-refractivity contribution is 7.09. The molecule has 3 heterocycles. The summed E-state index contributed by atoms with van der Waals surface area (Å²) >= 11 is 1.65. The molecule has 4 nitrogen and oxygen atoms in total. The fraction of sp³-hybridized carbons (Fsp3) is 0.500. The van der Waals surface area contributed by atoms with Crippen molar-refractivity contribution in [2.45, 2.75) is 45.1 Å². The van der Waals surface area contributed by atoms with E-state index in [1.807, 2.05) is 22.5 Å². The summed E-state index contributed by atoms with van der Waals surface area (Å²) in [6, 6.07) is 4.26. The summed E-state index contributed by atoms with van der Waals surface area (Å²) in [5.41, 5.74) is 2.05. The monoisotopic (exact) mass is 303 g/mol. The van der Waals surface area contributed by atoms with Crippen molar-refractivity contribution < 1.29 is 4.79 Å². The molecule has 3 rings (SSSR count). The smallest absolute Gasteiger partial charge is 0.229 e. The van der Waals surface area contributed by atoms with Crippen LogP contribution in [-0.2, 0) is 11.2 Å². The fourth-order valence-electron chi connectivity index (χ4n) is 2.87. The van der Waals surface area contributed by atoms with Crippen LogP contribution in [0.15, 0.2) is 23.7 Å². The molecule has 0 aliphatic carbocycles. The number of nitrogens with one attached hydrogen (secondary N) is 1. The van der Waals surface area contributed by atoms with E-state index in [-0.39, 0.29) is 11.9 Å². The van der Waals surface area contributed by atoms with Gasteiger partial charge in [-0.2, -0.15) is 0 Å². The lowest BCUT2D eigenvalue weighted by atomic mass is 10.1. The summed E-state index contributed by atoms with van der Waals surface area (Å²) in [7, 11) is 0. The summed E-state index contributed by atoms with van der Waals surface area (Å²) in [5, 5.41) is 3.13. The Morgan fingerprint density at radius 2 is 2.43 bits per heavy atom. The molecule has 0 aromatic carbocycles. The molecule has 1 amide bonds. The van der Waals surface area contributed by atoms with Crippen LogP contribution in [0.2, 0.25) is 0 Å². The third-order valence-electron chi connectivity index (χ3n) is 3.95. The topological polar surface area (TPSA) is 49.0 Å². The number of carbonyl (C=O) groups excluding carboxylic acids is 1. The predicted octanol–water partition coefficient (Wildman–Crippen LogP) is 3.50. The summed E-state index contributed by atoms with van der Waals surface area (Å²) < 4.78 is 0. The largest absolute Gasteiger partial charge is 0.363 e. The van der Waals surface area contributed by atoms with Crippen molar-refractivity contribution >= 4 is 17.2 Å². The van der Waals surface area contributed by atoms with Crippen LogP contribution < -0.4 is 0 Å². The number of likely N-dealkylation sites (tertiary alicyclic amines) is 1. The summed E-state index contributed by atoms with van der Waals surface area (Å²) in [6.45, 7) is 5.11. The second kappa shape index (κ2) is 6.02. The van der Waals surface area contributed by atoms with Crippen molar-refractivity contribution in [1.29, 1.82) is 0 Å². The molecule has 0 saturated carbocycles. The molecular formula is C16H21N3OS. The quantitative estimate of drug-likeness (QED) is 0.939. The molecule has 0 bridgehead atoms. The van der Waals surface area contributed by atoms with Gasteiger partial charge in [0.2, 0.25) is 5.91 Å². The van der Waals surface area contributed by atoms with Gasteiger partial charge < -0.3 is 9.88 Å². The average molecular weight is 303 g/mol. The number of hydrogen-bond acceptors (Lipinski definition) is 3.